The molecule has 0 aliphatic carbocycles. The number of aromatic nitrogens is 1. The Morgan fingerprint density at radius 2 is 1.70 bits per heavy atom. The zero-order valence-corrected chi connectivity index (χ0v) is 11.3. The number of nitrogens with zero attached hydrogens (tertiary/aromatic N) is 2. The topological polar surface area (TPSA) is 39.0 Å². The first-order valence-corrected chi connectivity index (χ1v) is 6.53. The van der Waals surface area contributed by atoms with Gasteiger partial charge in [0, 0.05) is 17.5 Å². The SMILES string of the molecule is [O-]/[N+](=C\c1cc2ccccc2nc1Cl)c1ccccc1. The van der Waals surface area contributed by atoms with Crippen molar-refractivity contribution >= 4 is 34.4 Å². The number of rotatable bonds is 2. The normalized spacial score (nSPS) is 11.8. The third kappa shape index (κ3) is 2.49. The monoisotopic (exact) mass is 282 g/mol. The van der Waals surface area contributed by atoms with Crippen LogP contribution in [-0.2, 0) is 0 Å². The molecule has 0 amide bonds. The van der Waals surface area contributed by atoms with Gasteiger partial charge in [0.05, 0.1) is 11.1 Å². The number of hydrogen-bond acceptors (Lipinski definition) is 2. The lowest BCUT2D eigenvalue weighted by molar-refractivity contribution is -0.354. The largest absolute Gasteiger partial charge is 0.618 e. The molecule has 0 bridgehead atoms. The highest BCUT2D eigenvalue weighted by atomic mass is 35.5. The van der Waals surface area contributed by atoms with Crippen molar-refractivity contribution in [2.45, 2.75) is 0 Å². The van der Waals surface area contributed by atoms with E-state index in [-0.39, 0.29) is 0 Å². The van der Waals surface area contributed by atoms with E-state index in [0.29, 0.717) is 16.4 Å². The van der Waals surface area contributed by atoms with Crippen LogP contribution in [0.15, 0.2) is 60.7 Å². The van der Waals surface area contributed by atoms with E-state index in [9.17, 15) is 5.21 Å². The Bertz CT molecular complexity index is 785. The molecular formula is C16H11ClN2O. The summed E-state index contributed by atoms with van der Waals surface area (Å²) in [5.74, 6) is 0. The summed E-state index contributed by atoms with van der Waals surface area (Å²) in [5, 5.41) is 13.3. The lowest BCUT2D eigenvalue weighted by Crippen LogP contribution is -2.00. The van der Waals surface area contributed by atoms with Crippen molar-refractivity contribution in [2.24, 2.45) is 0 Å². The first-order chi connectivity index (χ1) is 9.74. The van der Waals surface area contributed by atoms with Crippen LogP contribution >= 0.6 is 11.6 Å². The average Bonchev–Trinajstić information content (AvgIpc) is 2.49. The van der Waals surface area contributed by atoms with Gasteiger partial charge >= 0.3 is 0 Å². The summed E-state index contributed by atoms with van der Waals surface area (Å²) in [5.41, 5.74) is 1.97. The maximum absolute atomic E-state index is 12.1. The van der Waals surface area contributed by atoms with Gasteiger partial charge in [0.1, 0.15) is 5.15 Å². The smallest absolute Gasteiger partial charge is 0.216 e. The van der Waals surface area contributed by atoms with Crippen LogP contribution in [0.1, 0.15) is 5.56 Å². The maximum atomic E-state index is 12.1. The summed E-state index contributed by atoms with van der Waals surface area (Å²) in [6.45, 7) is 0. The molecule has 1 aromatic heterocycles. The van der Waals surface area contributed by atoms with Gasteiger partial charge in [-0.05, 0) is 12.1 Å². The number of pyridine rings is 1. The molecule has 3 rings (SSSR count). The van der Waals surface area contributed by atoms with Gasteiger partial charge < -0.3 is 5.21 Å². The maximum Gasteiger partial charge on any atom is 0.216 e. The van der Waals surface area contributed by atoms with E-state index >= 15 is 0 Å². The van der Waals surface area contributed by atoms with Crippen LogP contribution < -0.4 is 0 Å². The van der Waals surface area contributed by atoms with Gasteiger partial charge in [-0.15, -0.1) is 0 Å². The number of para-hydroxylation sites is 2. The Kier molecular flexibility index (Phi) is 3.35. The van der Waals surface area contributed by atoms with E-state index in [1.165, 1.54) is 6.21 Å². The highest BCUT2D eigenvalue weighted by molar-refractivity contribution is 6.32. The Morgan fingerprint density at radius 3 is 2.50 bits per heavy atom. The van der Waals surface area contributed by atoms with Crippen LogP contribution in [-0.4, -0.2) is 15.9 Å². The Balaban J connectivity index is 2.08. The van der Waals surface area contributed by atoms with Gasteiger partial charge in [-0.2, -0.15) is 4.74 Å². The molecule has 0 saturated heterocycles. The van der Waals surface area contributed by atoms with E-state index in [2.05, 4.69) is 4.98 Å². The third-order valence-electron chi connectivity index (χ3n) is 2.97. The second-order valence-corrected chi connectivity index (χ2v) is 4.71. The van der Waals surface area contributed by atoms with Crippen molar-refractivity contribution in [2.75, 3.05) is 0 Å². The van der Waals surface area contributed by atoms with Crippen molar-refractivity contribution < 1.29 is 4.74 Å². The lowest BCUT2D eigenvalue weighted by atomic mass is 10.2. The minimum atomic E-state index is 0.320. The van der Waals surface area contributed by atoms with Crippen LogP contribution in [0.2, 0.25) is 5.15 Å². The zero-order chi connectivity index (χ0) is 13.9. The van der Waals surface area contributed by atoms with E-state index in [0.717, 1.165) is 15.6 Å². The average molecular weight is 283 g/mol. The quantitative estimate of drug-likeness (QED) is 0.233. The second-order valence-electron chi connectivity index (χ2n) is 4.35. The highest BCUT2D eigenvalue weighted by Crippen LogP contribution is 2.19. The molecule has 0 aliphatic rings. The fraction of sp³-hybridized carbons (Fsp3) is 0. The molecule has 0 aliphatic heterocycles. The van der Waals surface area contributed by atoms with E-state index in [1.54, 1.807) is 12.1 Å². The van der Waals surface area contributed by atoms with Crippen LogP contribution in [0.25, 0.3) is 10.9 Å². The minimum absolute atomic E-state index is 0.320. The predicted molar refractivity (Wildman–Crippen MR) is 81.6 cm³/mol. The molecule has 0 fully saturated rings. The number of fused-ring (bicyclic) bond motifs is 1. The number of hydrogen-bond donors (Lipinski definition) is 0. The number of benzene rings is 2. The molecule has 0 spiro atoms. The van der Waals surface area contributed by atoms with Gasteiger partial charge in [0.2, 0.25) is 5.69 Å². The Morgan fingerprint density at radius 1 is 1.00 bits per heavy atom. The van der Waals surface area contributed by atoms with Gasteiger partial charge in [0.15, 0.2) is 6.21 Å². The fourth-order valence-corrected chi connectivity index (χ4v) is 2.17. The van der Waals surface area contributed by atoms with Crippen molar-refractivity contribution in [1.29, 1.82) is 0 Å². The first-order valence-electron chi connectivity index (χ1n) is 6.15. The van der Waals surface area contributed by atoms with Crippen LogP contribution in [0, 0.1) is 5.21 Å². The molecule has 0 unspecified atom stereocenters. The van der Waals surface area contributed by atoms with Crippen molar-refractivity contribution in [3.63, 3.8) is 0 Å². The van der Waals surface area contributed by atoms with Crippen LogP contribution in [0.4, 0.5) is 5.69 Å². The second kappa shape index (κ2) is 5.31. The van der Waals surface area contributed by atoms with Crippen molar-refractivity contribution in [1.82, 2.24) is 4.98 Å². The highest BCUT2D eigenvalue weighted by Gasteiger charge is 2.07. The first kappa shape index (κ1) is 12.6. The molecular weight excluding hydrogens is 272 g/mol. The molecule has 4 heteroatoms. The zero-order valence-electron chi connectivity index (χ0n) is 10.5. The summed E-state index contributed by atoms with van der Waals surface area (Å²) in [4.78, 5) is 4.29. The molecule has 3 nitrogen and oxygen atoms in total. The van der Waals surface area contributed by atoms with E-state index in [1.807, 2.05) is 48.5 Å². The van der Waals surface area contributed by atoms with Gasteiger partial charge in [-0.3, -0.25) is 0 Å². The van der Waals surface area contributed by atoms with E-state index in [4.69, 9.17) is 11.6 Å². The summed E-state index contributed by atoms with van der Waals surface area (Å²) in [6.07, 6.45) is 1.44. The molecule has 98 valence electrons. The standard InChI is InChI=1S/C16H11ClN2O/c17-16-13(10-12-6-4-5-9-15(12)18-16)11-19(20)14-7-2-1-3-8-14/h1-11H/b19-11-. The molecule has 1 heterocycles. The van der Waals surface area contributed by atoms with Gasteiger partial charge in [-0.1, -0.05) is 48.0 Å². The fourth-order valence-electron chi connectivity index (χ4n) is 1.98. The summed E-state index contributed by atoms with van der Waals surface area (Å²) in [7, 11) is 0. The van der Waals surface area contributed by atoms with Gasteiger partial charge in [-0.25, -0.2) is 4.98 Å². The van der Waals surface area contributed by atoms with Gasteiger partial charge in [0.25, 0.3) is 0 Å². The molecule has 3 aromatic rings. The lowest BCUT2D eigenvalue weighted by Gasteiger charge is -2.04. The third-order valence-corrected chi connectivity index (χ3v) is 3.27. The van der Waals surface area contributed by atoms with Crippen LogP contribution in [0.3, 0.4) is 0 Å². The molecule has 0 atom stereocenters. The van der Waals surface area contributed by atoms with E-state index < -0.39 is 0 Å². The van der Waals surface area contributed by atoms with Crippen molar-refractivity contribution in [3.05, 3.63) is 76.6 Å². The summed E-state index contributed by atoms with van der Waals surface area (Å²) >= 11 is 6.13. The minimum Gasteiger partial charge on any atom is -0.618 e. The molecule has 2 aromatic carbocycles. The molecule has 0 radical (unpaired) electrons. The Labute approximate surface area is 121 Å². The Hall–Kier alpha value is -2.39. The predicted octanol–water partition coefficient (Wildman–Crippen LogP) is 4.15. The summed E-state index contributed by atoms with van der Waals surface area (Å²) < 4.78 is 0.789. The molecule has 0 N–H and O–H groups in total. The molecule has 0 saturated carbocycles. The van der Waals surface area contributed by atoms with Crippen LogP contribution in [0.5, 0.6) is 0 Å². The molecule has 20 heavy (non-hydrogen) atoms. The number of halogens is 1. The van der Waals surface area contributed by atoms with Crippen molar-refractivity contribution in [3.8, 4) is 0 Å². The summed E-state index contributed by atoms with van der Waals surface area (Å²) in [6, 6.07) is 18.5.